The number of nitrogens with one attached hydrogen (secondary N) is 3. The topological polar surface area (TPSA) is 61.4 Å². The van der Waals surface area contributed by atoms with Crippen molar-refractivity contribution in [1.29, 1.82) is 0 Å². The second-order valence-electron chi connectivity index (χ2n) is 5.33. The zero-order valence-electron chi connectivity index (χ0n) is 14.1. The van der Waals surface area contributed by atoms with Gasteiger partial charge in [0.15, 0.2) is 5.96 Å². The molecule has 0 spiro atoms. The summed E-state index contributed by atoms with van der Waals surface area (Å²) < 4.78 is 5.04. The molecule has 23 heavy (non-hydrogen) atoms. The molecule has 0 aliphatic carbocycles. The van der Waals surface area contributed by atoms with Crippen molar-refractivity contribution in [3.8, 4) is 0 Å². The molecule has 2 rings (SSSR count). The first-order chi connectivity index (χ1) is 10.8. The molecule has 0 bridgehead atoms. The fourth-order valence-corrected chi connectivity index (χ4v) is 2.61. The third-order valence-electron chi connectivity index (χ3n) is 3.72. The maximum Gasteiger partial charge on any atom is 0.190 e. The van der Waals surface area contributed by atoms with E-state index < -0.39 is 0 Å². The Morgan fingerprint density at radius 1 is 1.26 bits per heavy atom. The van der Waals surface area contributed by atoms with Gasteiger partial charge in [-0.3, -0.25) is 4.99 Å². The van der Waals surface area contributed by atoms with Crippen molar-refractivity contribution in [1.82, 2.24) is 15.6 Å². The summed E-state index contributed by atoms with van der Waals surface area (Å²) in [6, 6.07) is 6.36. The first-order valence-corrected chi connectivity index (χ1v) is 7.75. The van der Waals surface area contributed by atoms with Crippen LogP contribution in [0.15, 0.2) is 29.4 Å². The number of aromatic nitrogens is 1. The highest BCUT2D eigenvalue weighted by Gasteiger charge is 2.06. The summed E-state index contributed by atoms with van der Waals surface area (Å²) in [4.78, 5) is 7.57. The van der Waals surface area contributed by atoms with Gasteiger partial charge in [0.1, 0.15) is 0 Å². The maximum absolute atomic E-state index is 5.04. The molecular weight excluding hydrogens is 403 g/mol. The minimum absolute atomic E-state index is 0. The largest absolute Gasteiger partial charge is 0.385 e. The van der Waals surface area contributed by atoms with Crippen LogP contribution in [-0.4, -0.2) is 44.8 Å². The van der Waals surface area contributed by atoms with Crippen molar-refractivity contribution >= 4 is 40.8 Å². The second kappa shape index (κ2) is 10.5. The molecule has 0 saturated carbocycles. The summed E-state index contributed by atoms with van der Waals surface area (Å²) in [5.41, 5.74) is 3.86. The smallest absolute Gasteiger partial charge is 0.190 e. The van der Waals surface area contributed by atoms with E-state index in [9.17, 15) is 0 Å². The summed E-state index contributed by atoms with van der Waals surface area (Å²) in [6.07, 6.45) is 4.04. The molecule has 0 aliphatic rings. The lowest BCUT2D eigenvalue weighted by Crippen LogP contribution is -2.38. The van der Waals surface area contributed by atoms with Crippen molar-refractivity contribution in [2.24, 2.45) is 4.99 Å². The van der Waals surface area contributed by atoms with Crippen LogP contribution < -0.4 is 10.6 Å². The van der Waals surface area contributed by atoms with E-state index in [4.69, 9.17) is 4.74 Å². The van der Waals surface area contributed by atoms with Crippen LogP contribution in [0.3, 0.4) is 0 Å². The molecule has 5 nitrogen and oxygen atoms in total. The third-order valence-corrected chi connectivity index (χ3v) is 3.72. The number of rotatable bonds is 7. The summed E-state index contributed by atoms with van der Waals surface area (Å²) in [5, 5.41) is 7.98. The van der Waals surface area contributed by atoms with Gasteiger partial charge >= 0.3 is 0 Å². The average molecular weight is 430 g/mol. The Balaban J connectivity index is 0.00000264. The minimum atomic E-state index is 0. The number of aromatic amines is 1. The van der Waals surface area contributed by atoms with Gasteiger partial charge in [0.25, 0.3) is 0 Å². The molecule has 1 aromatic heterocycles. The quantitative estimate of drug-likeness (QED) is 0.274. The van der Waals surface area contributed by atoms with Crippen molar-refractivity contribution in [2.75, 3.05) is 33.9 Å². The van der Waals surface area contributed by atoms with Gasteiger partial charge in [0.2, 0.25) is 0 Å². The number of ether oxygens (including phenoxy) is 1. The van der Waals surface area contributed by atoms with E-state index in [0.717, 1.165) is 38.5 Å². The number of H-pyrrole nitrogens is 1. The molecule has 6 heteroatoms. The number of fused-ring (bicyclic) bond motifs is 1. The van der Waals surface area contributed by atoms with Gasteiger partial charge in [-0.05, 0) is 37.0 Å². The summed E-state index contributed by atoms with van der Waals surface area (Å²) in [7, 11) is 3.51. The van der Waals surface area contributed by atoms with Gasteiger partial charge in [0, 0.05) is 51.0 Å². The molecular formula is C17H27IN4O. The Labute approximate surface area is 155 Å². The summed E-state index contributed by atoms with van der Waals surface area (Å²) in [5.74, 6) is 0.840. The van der Waals surface area contributed by atoms with Gasteiger partial charge in [0.05, 0.1) is 0 Å². The lowest BCUT2D eigenvalue weighted by atomic mass is 10.1. The predicted octanol–water partition coefficient (Wildman–Crippen LogP) is 2.84. The molecule has 0 fully saturated rings. The fourth-order valence-electron chi connectivity index (χ4n) is 2.61. The van der Waals surface area contributed by atoms with Crippen LogP contribution in [0.1, 0.15) is 17.5 Å². The monoisotopic (exact) mass is 430 g/mol. The minimum Gasteiger partial charge on any atom is -0.385 e. The number of hydrogen-bond acceptors (Lipinski definition) is 2. The number of methoxy groups -OCH3 is 1. The predicted molar refractivity (Wildman–Crippen MR) is 108 cm³/mol. The van der Waals surface area contributed by atoms with Gasteiger partial charge in [-0.1, -0.05) is 12.1 Å². The van der Waals surface area contributed by atoms with E-state index in [0.29, 0.717) is 0 Å². The molecule has 1 heterocycles. The van der Waals surface area contributed by atoms with E-state index in [2.05, 4.69) is 51.9 Å². The van der Waals surface area contributed by atoms with Crippen molar-refractivity contribution in [3.63, 3.8) is 0 Å². The Morgan fingerprint density at radius 2 is 2.04 bits per heavy atom. The average Bonchev–Trinajstić information content (AvgIpc) is 2.94. The van der Waals surface area contributed by atoms with E-state index in [-0.39, 0.29) is 24.0 Å². The number of halogens is 1. The van der Waals surface area contributed by atoms with E-state index >= 15 is 0 Å². The Hall–Kier alpha value is -1.28. The van der Waals surface area contributed by atoms with Crippen LogP contribution in [-0.2, 0) is 11.2 Å². The summed E-state index contributed by atoms with van der Waals surface area (Å²) in [6.45, 7) is 4.63. The molecule has 0 amide bonds. The van der Waals surface area contributed by atoms with E-state index in [1.165, 1.54) is 22.0 Å². The van der Waals surface area contributed by atoms with Crippen molar-refractivity contribution in [2.45, 2.75) is 19.8 Å². The standard InChI is InChI=1S/C17H26N4O.HI/c1-13-6-4-7-15-16(13)14(12-21-15)8-10-20-17(18-2)19-9-5-11-22-3;/h4,6-7,12,21H,5,8-11H2,1-3H3,(H2,18,19,20);1H. The second-order valence-corrected chi connectivity index (χ2v) is 5.33. The highest BCUT2D eigenvalue weighted by atomic mass is 127. The molecule has 0 atom stereocenters. The van der Waals surface area contributed by atoms with E-state index in [1.807, 2.05) is 0 Å². The highest BCUT2D eigenvalue weighted by Crippen LogP contribution is 2.22. The normalized spacial score (nSPS) is 11.3. The van der Waals surface area contributed by atoms with Gasteiger partial charge in [-0.2, -0.15) is 0 Å². The van der Waals surface area contributed by atoms with Crippen molar-refractivity contribution < 1.29 is 4.74 Å². The molecule has 0 aliphatic heterocycles. The van der Waals surface area contributed by atoms with Crippen LogP contribution in [0.25, 0.3) is 10.9 Å². The Morgan fingerprint density at radius 3 is 2.78 bits per heavy atom. The molecule has 3 N–H and O–H groups in total. The molecule has 0 unspecified atom stereocenters. The van der Waals surface area contributed by atoms with Gasteiger partial charge < -0.3 is 20.4 Å². The van der Waals surface area contributed by atoms with Crippen LogP contribution in [0, 0.1) is 6.92 Å². The van der Waals surface area contributed by atoms with Crippen LogP contribution in [0.4, 0.5) is 0 Å². The Kier molecular flexibility index (Phi) is 9.01. The number of guanidine groups is 1. The van der Waals surface area contributed by atoms with Gasteiger partial charge in [-0.15, -0.1) is 24.0 Å². The first-order valence-electron chi connectivity index (χ1n) is 7.75. The molecule has 2 aromatic rings. The van der Waals surface area contributed by atoms with Gasteiger partial charge in [-0.25, -0.2) is 0 Å². The lowest BCUT2D eigenvalue weighted by Gasteiger charge is -2.11. The number of benzene rings is 1. The van der Waals surface area contributed by atoms with Crippen LogP contribution >= 0.6 is 24.0 Å². The lowest BCUT2D eigenvalue weighted by molar-refractivity contribution is 0.195. The fraction of sp³-hybridized carbons (Fsp3) is 0.471. The molecule has 128 valence electrons. The SMILES string of the molecule is CN=C(NCCCOC)NCCc1c[nH]c2cccc(C)c12.I. The van der Waals surface area contributed by atoms with E-state index in [1.54, 1.807) is 14.2 Å². The maximum atomic E-state index is 5.04. The Bertz CT molecular complexity index is 624. The number of aliphatic imine (C=N–C) groups is 1. The zero-order chi connectivity index (χ0) is 15.8. The number of hydrogen-bond donors (Lipinski definition) is 3. The first kappa shape index (κ1) is 19.8. The number of aryl methyl sites for hydroxylation is 1. The van der Waals surface area contributed by atoms with Crippen molar-refractivity contribution in [3.05, 3.63) is 35.5 Å². The zero-order valence-corrected chi connectivity index (χ0v) is 16.4. The molecule has 0 saturated heterocycles. The molecule has 0 radical (unpaired) electrons. The van der Waals surface area contributed by atoms with Crippen LogP contribution in [0.2, 0.25) is 0 Å². The number of nitrogens with zero attached hydrogens (tertiary/aromatic N) is 1. The molecule has 1 aromatic carbocycles. The summed E-state index contributed by atoms with van der Waals surface area (Å²) >= 11 is 0. The third kappa shape index (κ3) is 5.69. The highest BCUT2D eigenvalue weighted by molar-refractivity contribution is 14.0. The van der Waals surface area contributed by atoms with Crippen LogP contribution in [0.5, 0.6) is 0 Å².